The van der Waals surface area contributed by atoms with Crippen LogP contribution in [0.2, 0.25) is 5.02 Å². The smallest absolute Gasteiger partial charge is 0.275 e. The van der Waals surface area contributed by atoms with E-state index in [1.807, 2.05) is 31.2 Å². The zero-order valence-corrected chi connectivity index (χ0v) is 17.2. The number of carbonyl (C=O) groups excluding carboxylic acids is 2. The molecule has 2 aromatic carbocycles. The van der Waals surface area contributed by atoms with Crippen LogP contribution in [-0.2, 0) is 9.59 Å². The average Bonchev–Trinajstić information content (AvgIpc) is 2.97. The number of hydrogen-bond donors (Lipinski definition) is 1. The SMILES string of the molecule is Cc1ccc(C2=NC3(CCCCC3)N(CC(=O)Nc3ccc(Cl)cc3)C2=O)cc1. The number of halogens is 1. The second kappa shape index (κ2) is 7.99. The van der Waals surface area contributed by atoms with Crippen molar-refractivity contribution >= 4 is 34.8 Å². The largest absolute Gasteiger partial charge is 0.325 e. The molecular formula is C23H24ClN3O2. The molecule has 0 unspecified atom stereocenters. The summed E-state index contributed by atoms with van der Waals surface area (Å²) < 4.78 is 0. The van der Waals surface area contributed by atoms with Crippen LogP contribution in [0.1, 0.15) is 43.2 Å². The zero-order valence-electron chi connectivity index (χ0n) is 16.5. The number of hydrogen-bond acceptors (Lipinski definition) is 3. The van der Waals surface area contributed by atoms with Crippen LogP contribution >= 0.6 is 11.6 Å². The van der Waals surface area contributed by atoms with Crippen molar-refractivity contribution in [3.05, 3.63) is 64.7 Å². The fraction of sp³-hybridized carbons (Fsp3) is 0.348. The van der Waals surface area contributed by atoms with Crippen molar-refractivity contribution in [3.8, 4) is 0 Å². The quantitative estimate of drug-likeness (QED) is 0.803. The first-order valence-corrected chi connectivity index (χ1v) is 10.4. The lowest BCUT2D eigenvalue weighted by atomic mass is 9.88. The summed E-state index contributed by atoms with van der Waals surface area (Å²) in [7, 11) is 0. The molecule has 1 fully saturated rings. The number of rotatable bonds is 4. The summed E-state index contributed by atoms with van der Waals surface area (Å²) in [6.45, 7) is 2.00. The number of amides is 2. The number of benzene rings is 2. The second-order valence-corrected chi connectivity index (χ2v) is 8.25. The minimum absolute atomic E-state index is 0.0136. The average molecular weight is 410 g/mol. The van der Waals surface area contributed by atoms with Crippen molar-refractivity contribution in [2.75, 3.05) is 11.9 Å². The van der Waals surface area contributed by atoms with Gasteiger partial charge in [0.15, 0.2) is 0 Å². The van der Waals surface area contributed by atoms with Gasteiger partial charge in [-0.15, -0.1) is 0 Å². The predicted molar refractivity (Wildman–Crippen MR) is 115 cm³/mol. The molecule has 150 valence electrons. The van der Waals surface area contributed by atoms with Crippen LogP contribution in [0.4, 0.5) is 5.69 Å². The molecule has 5 nitrogen and oxygen atoms in total. The van der Waals surface area contributed by atoms with Crippen LogP contribution in [0.15, 0.2) is 53.5 Å². The number of aryl methyl sites for hydroxylation is 1. The fourth-order valence-corrected chi connectivity index (χ4v) is 4.25. The number of aliphatic imine (C=N–C) groups is 1. The molecule has 0 atom stereocenters. The molecule has 29 heavy (non-hydrogen) atoms. The highest BCUT2D eigenvalue weighted by molar-refractivity contribution is 6.47. The van der Waals surface area contributed by atoms with E-state index in [9.17, 15) is 9.59 Å². The number of nitrogens with zero attached hydrogens (tertiary/aromatic N) is 2. The van der Waals surface area contributed by atoms with E-state index >= 15 is 0 Å². The highest BCUT2D eigenvalue weighted by atomic mass is 35.5. The molecular weight excluding hydrogens is 386 g/mol. The second-order valence-electron chi connectivity index (χ2n) is 7.82. The molecule has 2 aliphatic rings. The van der Waals surface area contributed by atoms with Crippen molar-refractivity contribution in [1.82, 2.24) is 4.90 Å². The highest BCUT2D eigenvalue weighted by Gasteiger charge is 2.48. The molecule has 2 aromatic rings. The first kappa shape index (κ1) is 19.6. The third kappa shape index (κ3) is 4.06. The maximum Gasteiger partial charge on any atom is 0.275 e. The van der Waals surface area contributed by atoms with Crippen molar-refractivity contribution in [3.63, 3.8) is 0 Å². The number of carbonyl (C=O) groups is 2. The maximum atomic E-state index is 13.3. The van der Waals surface area contributed by atoms with E-state index in [0.717, 1.165) is 43.2 Å². The van der Waals surface area contributed by atoms with Crippen LogP contribution in [0.25, 0.3) is 0 Å². The van der Waals surface area contributed by atoms with E-state index in [0.29, 0.717) is 16.4 Å². The van der Waals surface area contributed by atoms with Crippen LogP contribution < -0.4 is 5.32 Å². The van der Waals surface area contributed by atoms with Crippen molar-refractivity contribution in [1.29, 1.82) is 0 Å². The van der Waals surface area contributed by atoms with Gasteiger partial charge in [-0.1, -0.05) is 47.9 Å². The number of anilines is 1. The van der Waals surface area contributed by atoms with E-state index in [-0.39, 0.29) is 18.4 Å². The molecule has 0 saturated heterocycles. The normalized spacial score (nSPS) is 18.1. The van der Waals surface area contributed by atoms with Crippen LogP contribution in [0, 0.1) is 6.92 Å². The van der Waals surface area contributed by atoms with Gasteiger partial charge in [0, 0.05) is 16.3 Å². The van der Waals surface area contributed by atoms with E-state index in [4.69, 9.17) is 16.6 Å². The Morgan fingerprint density at radius 3 is 2.38 bits per heavy atom. The van der Waals surface area contributed by atoms with Gasteiger partial charge in [-0.3, -0.25) is 14.6 Å². The standard InChI is InChI=1S/C23H24ClN3O2/c1-16-5-7-17(8-6-16)21-22(29)27(23(26-21)13-3-2-4-14-23)15-20(28)25-19-11-9-18(24)10-12-19/h5-12H,2-4,13-15H2,1H3,(H,25,28). The molecule has 0 bridgehead atoms. The molecule has 1 N–H and O–H groups in total. The van der Waals surface area contributed by atoms with Gasteiger partial charge in [-0.25, -0.2) is 0 Å². The van der Waals surface area contributed by atoms with Crippen LogP contribution in [0.5, 0.6) is 0 Å². The fourth-order valence-electron chi connectivity index (χ4n) is 4.13. The van der Waals surface area contributed by atoms with E-state index in [2.05, 4.69) is 5.32 Å². The highest BCUT2D eigenvalue weighted by Crippen LogP contribution is 2.39. The lowest BCUT2D eigenvalue weighted by Gasteiger charge is -2.38. The Morgan fingerprint density at radius 1 is 1.07 bits per heavy atom. The molecule has 1 aliphatic carbocycles. The van der Waals surface area contributed by atoms with Crippen LogP contribution in [0.3, 0.4) is 0 Å². The Labute approximate surface area is 175 Å². The molecule has 6 heteroatoms. The first-order chi connectivity index (χ1) is 14.0. The van der Waals surface area contributed by atoms with Gasteiger partial charge in [-0.2, -0.15) is 0 Å². The Kier molecular flexibility index (Phi) is 5.41. The van der Waals surface area contributed by atoms with Gasteiger partial charge in [0.1, 0.15) is 17.9 Å². The van der Waals surface area contributed by atoms with Gasteiger partial charge in [-0.05, 0) is 56.9 Å². The number of nitrogens with one attached hydrogen (secondary N) is 1. The third-order valence-electron chi connectivity index (χ3n) is 5.68. The van der Waals surface area contributed by atoms with E-state index in [1.165, 1.54) is 0 Å². The summed E-state index contributed by atoms with van der Waals surface area (Å²) in [5, 5.41) is 3.46. The molecule has 2 amide bonds. The summed E-state index contributed by atoms with van der Waals surface area (Å²) in [5.41, 5.74) is 2.46. The Balaban J connectivity index is 1.57. The Morgan fingerprint density at radius 2 is 1.72 bits per heavy atom. The molecule has 1 spiro atoms. The zero-order chi connectivity index (χ0) is 20.4. The summed E-state index contributed by atoms with van der Waals surface area (Å²) in [6.07, 6.45) is 4.74. The summed E-state index contributed by atoms with van der Waals surface area (Å²) in [5.74, 6) is -0.395. The lowest BCUT2D eigenvalue weighted by Crippen LogP contribution is -2.51. The molecule has 0 aromatic heterocycles. The van der Waals surface area contributed by atoms with Crippen molar-refractivity contribution in [2.24, 2.45) is 4.99 Å². The predicted octanol–water partition coefficient (Wildman–Crippen LogP) is 4.58. The summed E-state index contributed by atoms with van der Waals surface area (Å²) in [6, 6.07) is 14.8. The molecule has 1 heterocycles. The van der Waals surface area contributed by atoms with Crippen molar-refractivity contribution < 1.29 is 9.59 Å². The van der Waals surface area contributed by atoms with Crippen molar-refractivity contribution in [2.45, 2.75) is 44.7 Å². The summed E-state index contributed by atoms with van der Waals surface area (Å²) in [4.78, 5) is 32.6. The minimum Gasteiger partial charge on any atom is -0.325 e. The lowest BCUT2D eigenvalue weighted by molar-refractivity contribution is -0.134. The first-order valence-electron chi connectivity index (χ1n) is 10.0. The van der Waals surface area contributed by atoms with Gasteiger partial charge in [0.05, 0.1) is 0 Å². The minimum atomic E-state index is -0.604. The summed E-state index contributed by atoms with van der Waals surface area (Å²) >= 11 is 5.91. The Hall–Kier alpha value is -2.66. The van der Waals surface area contributed by atoms with Gasteiger partial charge >= 0.3 is 0 Å². The molecule has 0 radical (unpaired) electrons. The molecule has 4 rings (SSSR count). The maximum absolute atomic E-state index is 13.3. The van der Waals surface area contributed by atoms with Gasteiger partial charge in [0.2, 0.25) is 5.91 Å². The van der Waals surface area contributed by atoms with Gasteiger partial charge in [0.25, 0.3) is 5.91 Å². The van der Waals surface area contributed by atoms with Crippen LogP contribution in [-0.4, -0.2) is 34.6 Å². The molecule has 1 saturated carbocycles. The third-order valence-corrected chi connectivity index (χ3v) is 5.93. The Bertz CT molecular complexity index is 945. The van der Waals surface area contributed by atoms with E-state index in [1.54, 1.807) is 29.2 Å². The molecule has 1 aliphatic heterocycles. The van der Waals surface area contributed by atoms with E-state index < -0.39 is 5.66 Å². The monoisotopic (exact) mass is 409 g/mol. The topological polar surface area (TPSA) is 61.8 Å². The van der Waals surface area contributed by atoms with Gasteiger partial charge < -0.3 is 10.2 Å².